The average molecular weight is 288 g/mol. The maximum atomic E-state index is 12.9. The lowest BCUT2D eigenvalue weighted by atomic mass is 10.2. The number of amides is 1. The number of hydrogen-bond acceptors (Lipinski definition) is 4. The lowest BCUT2D eigenvalue weighted by molar-refractivity contribution is -0.123. The highest BCUT2D eigenvalue weighted by molar-refractivity contribution is 5.83. The lowest BCUT2D eigenvalue weighted by Crippen LogP contribution is -2.24. The van der Waals surface area contributed by atoms with E-state index in [9.17, 15) is 9.18 Å². The van der Waals surface area contributed by atoms with Crippen LogP contribution in [-0.4, -0.2) is 23.8 Å². The number of halogens is 1. The number of phenolic OH excluding ortho intramolecular Hbond substituents is 1. The van der Waals surface area contributed by atoms with Crippen molar-refractivity contribution in [1.29, 1.82) is 0 Å². The molecule has 0 saturated heterocycles. The molecule has 0 aromatic heterocycles. The standard InChI is InChI=1S/C15H13FN2O3/c16-12-2-1-3-14(8-12)21-10-15(20)18-17-9-11-4-6-13(19)7-5-11/h1-9,19H,10H2,(H,18,20)/b17-9+. The fourth-order valence-electron chi connectivity index (χ4n) is 1.48. The van der Waals surface area contributed by atoms with Gasteiger partial charge in [-0.2, -0.15) is 5.10 Å². The van der Waals surface area contributed by atoms with Crippen molar-refractivity contribution in [2.75, 3.05) is 6.61 Å². The quantitative estimate of drug-likeness (QED) is 0.653. The Morgan fingerprint density at radius 2 is 2.05 bits per heavy atom. The van der Waals surface area contributed by atoms with Crippen LogP contribution in [0.1, 0.15) is 5.56 Å². The smallest absolute Gasteiger partial charge is 0.277 e. The van der Waals surface area contributed by atoms with Crippen molar-refractivity contribution in [3.8, 4) is 11.5 Å². The Morgan fingerprint density at radius 3 is 2.76 bits per heavy atom. The Balaban J connectivity index is 1.78. The van der Waals surface area contributed by atoms with E-state index in [4.69, 9.17) is 9.84 Å². The lowest BCUT2D eigenvalue weighted by Gasteiger charge is -2.04. The van der Waals surface area contributed by atoms with Crippen molar-refractivity contribution < 1.29 is 19.0 Å². The van der Waals surface area contributed by atoms with Gasteiger partial charge in [-0.05, 0) is 42.0 Å². The molecule has 0 aliphatic heterocycles. The highest BCUT2D eigenvalue weighted by Crippen LogP contribution is 2.11. The van der Waals surface area contributed by atoms with Crippen LogP contribution < -0.4 is 10.2 Å². The molecule has 0 radical (unpaired) electrons. The van der Waals surface area contributed by atoms with E-state index < -0.39 is 11.7 Å². The van der Waals surface area contributed by atoms with E-state index in [1.165, 1.54) is 36.5 Å². The van der Waals surface area contributed by atoms with Gasteiger partial charge in [-0.1, -0.05) is 6.07 Å². The molecule has 0 bridgehead atoms. The summed E-state index contributed by atoms with van der Waals surface area (Å²) in [5, 5.41) is 12.9. The van der Waals surface area contributed by atoms with Crippen LogP contribution in [0.2, 0.25) is 0 Å². The van der Waals surface area contributed by atoms with Crippen LogP contribution in [0.25, 0.3) is 0 Å². The number of carbonyl (C=O) groups excluding carboxylic acids is 1. The second kappa shape index (κ2) is 7.04. The van der Waals surface area contributed by atoms with Gasteiger partial charge >= 0.3 is 0 Å². The number of rotatable bonds is 5. The van der Waals surface area contributed by atoms with E-state index in [-0.39, 0.29) is 18.1 Å². The van der Waals surface area contributed by atoms with Gasteiger partial charge < -0.3 is 9.84 Å². The zero-order chi connectivity index (χ0) is 15.1. The molecule has 2 aromatic rings. The molecule has 0 aliphatic carbocycles. The number of nitrogens with one attached hydrogen (secondary N) is 1. The number of carbonyl (C=O) groups is 1. The average Bonchev–Trinajstić information content (AvgIpc) is 2.47. The molecular formula is C15H13FN2O3. The summed E-state index contributed by atoms with van der Waals surface area (Å²) in [7, 11) is 0. The van der Waals surface area contributed by atoms with E-state index in [1.54, 1.807) is 18.2 Å². The molecule has 0 spiro atoms. The molecular weight excluding hydrogens is 275 g/mol. The van der Waals surface area contributed by atoms with Crippen molar-refractivity contribution in [2.24, 2.45) is 5.10 Å². The molecule has 2 rings (SSSR count). The highest BCUT2D eigenvalue weighted by Gasteiger charge is 2.02. The van der Waals surface area contributed by atoms with Crippen molar-refractivity contribution in [2.45, 2.75) is 0 Å². The Hall–Kier alpha value is -2.89. The van der Waals surface area contributed by atoms with Gasteiger partial charge in [0.2, 0.25) is 0 Å². The number of hydrogen-bond donors (Lipinski definition) is 2. The molecule has 0 aliphatic rings. The molecule has 108 valence electrons. The molecule has 2 N–H and O–H groups in total. The van der Waals surface area contributed by atoms with Crippen molar-refractivity contribution in [3.05, 3.63) is 59.9 Å². The molecule has 21 heavy (non-hydrogen) atoms. The maximum absolute atomic E-state index is 12.9. The predicted molar refractivity (Wildman–Crippen MR) is 75.7 cm³/mol. The molecule has 0 heterocycles. The second-order valence-corrected chi connectivity index (χ2v) is 4.13. The molecule has 5 nitrogen and oxygen atoms in total. The zero-order valence-electron chi connectivity index (χ0n) is 11.0. The van der Waals surface area contributed by atoms with Crippen LogP contribution in [-0.2, 0) is 4.79 Å². The van der Waals surface area contributed by atoms with Gasteiger partial charge in [-0.15, -0.1) is 0 Å². The van der Waals surface area contributed by atoms with E-state index >= 15 is 0 Å². The third kappa shape index (κ3) is 4.94. The summed E-state index contributed by atoms with van der Waals surface area (Å²) >= 11 is 0. The molecule has 0 unspecified atom stereocenters. The summed E-state index contributed by atoms with van der Waals surface area (Å²) in [4.78, 5) is 11.5. The second-order valence-electron chi connectivity index (χ2n) is 4.13. The summed E-state index contributed by atoms with van der Waals surface area (Å²) in [6.07, 6.45) is 1.43. The third-order valence-corrected chi connectivity index (χ3v) is 2.46. The minimum atomic E-state index is -0.464. The highest BCUT2D eigenvalue weighted by atomic mass is 19.1. The van der Waals surface area contributed by atoms with Gasteiger partial charge in [0.05, 0.1) is 6.21 Å². The SMILES string of the molecule is O=C(COc1cccc(F)c1)N/N=C/c1ccc(O)cc1. The van der Waals surface area contributed by atoms with E-state index in [1.807, 2.05) is 0 Å². The van der Waals surface area contributed by atoms with Gasteiger partial charge in [-0.25, -0.2) is 9.82 Å². The first-order valence-electron chi connectivity index (χ1n) is 6.13. The minimum Gasteiger partial charge on any atom is -0.508 e. The minimum absolute atomic E-state index is 0.152. The normalized spacial score (nSPS) is 10.5. The number of benzene rings is 2. The van der Waals surface area contributed by atoms with Crippen LogP contribution in [0.15, 0.2) is 53.6 Å². The summed E-state index contributed by atoms with van der Waals surface area (Å²) in [6.45, 7) is -0.267. The number of ether oxygens (including phenoxy) is 1. The topological polar surface area (TPSA) is 70.9 Å². The summed E-state index contributed by atoms with van der Waals surface area (Å²) in [5.41, 5.74) is 3.00. The monoisotopic (exact) mass is 288 g/mol. The molecule has 2 aromatic carbocycles. The molecule has 0 fully saturated rings. The van der Waals surface area contributed by atoms with Gasteiger partial charge in [0.15, 0.2) is 6.61 Å². The zero-order valence-corrected chi connectivity index (χ0v) is 11.0. The number of aromatic hydroxyl groups is 1. The van der Waals surface area contributed by atoms with Crippen LogP contribution in [0, 0.1) is 5.82 Å². The summed E-state index contributed by atoms with van der Waals surface area (Å²) in [5.74, 6) is -0.472. The number of hydrazone groups is 1. The van der Waals surface area contributed by atoms with E-state index in [2.05, 4.69) is 10.5 Å². The van der Waals surface area contributed by atoms with Crippen molar-refractivity contribution in [1.82, 2.24) is 5.43 Å². The van der Waals surface area contributed by atoms with Gasteiger partial charge in [0.25, 0.3) is 5.91 Å². The van der Waals surface area contributed by atoms with Gasteiger partial charge in [0.1, 0.15) is 17.3 Å². The molecule has 0 saturated carbocycles. The van der Waals surface area contributed by atoms with Crippen LogP contribution >= 0.6 is 0 Å². The maximum Gasteiger partial charge on any atom is 0.277 e. The summed E-state index contributed by atoms with van der Waals surface area (Å²) < 4.78 is 18.0. The number of nitrogens with zero attached hydrogens (tertiary/aromatic N) is 1. The first kappa shape index (κ1) is 14.5. The first-order valence-corrected chi connectivity index (χ1v) is 6.13. The Kier molecular flexibility index (Phi) is 4.87. The third-order valence-electron chi connectivity index (χ3n) is 2.46. The van der Waals surface area contributed by atoms with E-state index in [0.717, 1.165) is 5.56 Å². The van der Waals surface area contributed by atoms with E-state index in [0.29, 0.717) is 0 Å². The largest absolute Gasteiger partial charge is 0.508 e. The molecule has 6 heteroatoms. The first-order chi connectivity index (χ1) is 10.1. The van der Waals surface area contributed by atoms with Crippen LogP contribution in [0.3, 0.4) is 0 Å². The predicted octanol–water partition coefficient (Wildman–Crippen LogP) is 2.06. The van der Waals surface area contributed by atoms with Crippen LogP contribution in [0.5, 0.6) is 11.5 Å². The van der Waals surface area contributed by atoms with Crippen molar-refractivity contribution in [3.63, 3.8) is 0 Å². The molecule has 0 atom stereocenters. The summed E-state index contributed by atoms with van der Waals surface area (Å²) in [6, 6.07) is 11.8. The fraction of sp³-hybridized carbons (Fsp3) is 0.0667. The Morgan fingerprint density at radius 1 is 1.29 bits per heavy atom. The van der Waals surface area contributed by atoms with Gasteiger partial charge in [0, 0.05) is 6.07 Å². The Bertz CT molecular complexity index is 642. The molecule has 1 amide bonds. The fourth-order valence-corrected chi connectivity index (χ4v) is 1.48. The van der Waals surface area contributed by atoms with Crippen molar-refractivity contribution >= 4 is 12.1 Å². The van der Waals surface area contributed by atoms with Gasteiger partial charge in [-0.3, -0.25) is 4.79 Å². The number of phenols is 1. The van der Waals surface area contributed by atoms with Crippen LogP contribution in [0.4, 0.5) is 4.39 Å². The Labute approximate surface area is 120 Å².